The second kappa shape index (κ2) is 5.13. The molecule has 0 bridgehead atoms. The van der Waals surface area contributed by atoms with Crippen LogP contribution in [0.15, 0.2) is 41.6 Å². The number of phenols is 1. The molecule has 1 amide bonds. The highest BCUT2D eigenvalue weighted by Crippen LogP contribution is 2.07. The highest BCUT2D eigenvalue weighted by Gasteiger charge is 2.06. The number of hydrogen-bond acceptors (Lipinski definition) is 4. The van der Waals surface area contributed by atoms with Crippen LogP contribution < -0.4 is 5.43 Å². The van der Waals surface area contributed by atoms with Crippen molar-refractivity contribution in [3.63, 3.8) is 0 Å². The summed E-state index contributed by atoms with van der Waals surface area (Å²) in [5.74, 6) is -0.185. The van der Waals surface area contributed by atoms with E-state index in [2.05, 4.69) is 15.6 Å². The van der Waals surface area contributed by atoms with Crippen molar-refractivity contribution in [1.82, 2.24) is 15.2 Å². The molecule has 0 spiro atoms. The largest absolute Gasteiger partial charge is 0.508 e. The Bertz CT molecular complexity index is 572. The summed E-state index contributed by atoms with van der Waals surface area (Å²) in [6, 6.07) is 8.06. The lowest BCUT2D eigenvalue weighted by Gasteiger charge is -1.96. The van der Waals surface area contributed by atoms with Crippen LogP contribution >= 0.6 is 0 Å². The zero-order valence-electron chi connectivity index (χ0n) is 9.74. The van der Waals surface area contributed by atoms with Crippen molar-refractivity contribution in [3.05, 3.63) is 47.8 Å². The number of hydrazone groups is 1. The Morgan fingerprint density at radius 2 is 2.11 bits per heavy atom. The number of amides is 1. The van der Waals surface area contributed by atoms with Gasteiger partial charge in [-0.25, -0.2) is 5.43 Å². The van der Waals surface area contributed by atoms with E-state index < -0.39 is 0 Å². The average Bonchev–Trinajstić information content (AvgIpc) is 2.78. The van der Waals surface area contributed by atoms with Crippen LogP contribution in [0.3, 0.4) is 0 Å². The fraction of sp³-hybridized carbons (Fsp3) is 0.0833. The summed E-state index contributed by atoms with van der Waals surface area (Å²) in [5, 5.41) is 16.8. The normalized spacial score (nSPS) is 10.7. The lowest BCUT2D eigenvalue weighted by atomic mass is 10.2. The highest BCUT2D eigenvalue weighted by atomic mass is 16.3. The zero-order chi connectivity index (χ0) is 13.0. The van der Waals surface area contributed by atoms with Gasteiger partial charge in [-0.15, -0.1) is 0 Å². The predicted octanol–water partition coefficient (Wildman–Crippen LogP) is 0.890. The number of benzene rings is 1. The summed E-state index contributed by atoms with van der Waals surface area (Å²) in [7, 11) is 1.73. The first kappa shape index (κ1) is 11.8. The predicted molar refractivity (Wildman–Crippen MR) is 66.4 cm³/mol. The molecule has 1 aromatic heterocycles. The second-order valence-corrected chi connectivity index (χ2v) is 3.67. The van der Waals surface area contributed by atoms with E-state index in [4.69, 9.17) is 5.11 Å². The lowest BCUT2D eigenvalue weighted by Crippen LogP contribution is -2.18. The number of aryl methyl sites for hydroxylation is 1. The first-order valence-electron chi connectivity index (χ1n) is 5.27. The smallest absolute Gasteiger partial charge is 0.291 e. The number of nitrogens with zero attached hydrogens (tertiary/aromatic N) is 3. The third-order valence-corrected chi connectivity index (χ3v) is 2.22. The Morgan fingerprint density at radius 1 is 1.39 bits per heavy atom. The van der Waals surface area contributed by atoms with Crippen molar-refractivity contribution < 1.29 is 9.90 Å². The highest BCUT2D eigenvalue weighted by molar-refractivity contribution is 5.92. The van der Waals surface area contributed by atoms with Crippen molar-refractivity contribution in [1.29, 1.82) is 0 Å². The van der Waals surface area contributed by atoms with Crippen LogP contribution in [0.5, 0.6) is 5.75 Å². The molecule has 0 saturated carbocycles. The third kappa shape index (κ3) is 2.94. The quantitative estimate of drug-likeness (QED) is 0.621. The molecule has 0 aliphatic carbocycles. The summed E-state index contributed by atoms with van der Waals surface area (Å²) in [6.07, 6.45) is 3.17. The van der Waals surface area contributed by atoms with Gasteiger partial charge in [-0.1, -0.05) is 0 Å². The molecule has 18 heavy (non-hydrogen) atoms. The number of carbonyl (C=O) groups is 1. The van der Waals surface area contributed by atoms with Gasteiger partial charge in [0.05, 0.1) is 6.21 Å². The fourth-order valence-corrected chi connectivity index (χ4v) is 1.32. The van der Waals surface area contributed by atoms with Crippen molar-refractivity contribution in [3.8, 4) is 5.75 Å². The van der Waals surface area contributed by atoms with Gasteiger partial charge in [0.15, 0.2) is 5.69 Å². The Kier molecular flexibility index (Phi) is 3.38. The van der Waals surface area contributed by atoms with Crippen LogP contribution in [0.1, 0.15) is 16.1 Å². The SMILES string of the molecule is Cn1ccc(C(=O)N/N=C\c2ccc(O)cc2)n1. The number of phenolic OH excluding ortho intramolecular Hbond substituents is 1. The van der Waals surface area contributed by atoms with Gasteiger partial charge < -0.3 is 5.11 Å². The standard InChI is InChI=1S/C12H12N4O2/c1-16-7-6-11(15-16)12(18)14-13-8-9-2-4-10(17)5-3-9/h2-8,17H,1H3,(H,14,18)/b13-8-. The van der Waals surface area contributed by atoms with Crippen molar-refractivity contribution in [2.45, 2.75) is 0 Å². The van der Waals surface area contributed by atoms with Crippen LogP contribution in [0.2, 0.25) is 0 Å². The maximum atomic E-state index is 11.6. The van der Waals surface area contributed by atoms with Crippen LogP contribution in [-0.4, -0.2) is 27.0 Å². The molecular weight excluding hydrogens is 232 g/mol. The van der Waals surface area contributed by atoms with Crippen molar-refractivity contribution in [2.24, 2.45) is 12.1 Å². The van der Waals surface area contributed by atoms with Gasteiger partial charge in [0, 0.05) is 13.2 Å². The number of nitrogens with one attached hydrogen (secondary N) is 1. The molecule has 0 aliphatic rings. The maximum Gasteiger partial charge on any atom is 0.291 e. The summed E-state index contributed by atoms with van der Waals surface area (Å²) >= 11 is 0. The molecule has 6 heteroatoms. The molecule has 6 nitrogen and oxygen atoms in total. The Labute approximate surface area is 104 Å². The van der Waals surface area contributed by atoms with Crippen LogP contribution in [0, 0.1) is 0 Å². The van der Waals surface area contributed by atoms with Gasteiger partial charge in [0.1, 0.15) is 5.75 Å². The summed E-state index contributed by atoms with van der Waals surface area (Å²) < 4.78 is 1.54. The van der Waals surface area contributed by atoms with Gasteiger partial charge in [-0.05, 0) is 35.9 Å². The summed E-state index contributed by atoms with van der Waals surface area (Å²) in [6.45, 7) is 0. The molecule has 0 aliphatic heterocycles. The molecule has 0 atom stereocenters. The first-order valence-corrected chi connectivity index (χ1v) is 5.27. The third-order valence-electron chi connectivity index (χ3n) is 2.22. The molecule has 2 aromatic rings. The minimum Gasteiger partial charge on any atom is -0.508 e. The van der Waals surface area contributed by atoms with E-state index in [9.17, 15) is 4.79 Å². The molecule has 1 heterocycles. The van der Waals surface area contributed by atoms with E-state index in [-0.39, 0.29) is 11.7 Å². The van der Waals surface area contributed by atoms with Gasteiger partial charge in [0.25, 0.3) is 5.91 Å². The van der Waals surface area contributed by atoms with E-state index >= 15 is 0 Å². The van der Waals surface area contributed by atoms with Gasteiger partial charge in [0.2, 0.25) is 0 Å². The molecule has 0 saturated heterocycles. The number of hydrogen-bond donors (Lipinski definition) is 2. The maximum absolute atomic E-state index is 11.6. The van der Waals surface area contributed by atoms with Crippen molar-refractivity contribution in [2.75, 3.05) is 0 Å². The molecule has 1 aromatic carbocycles. The molecule has 92 valence electrons. The minimum atomic E-state index is -0.370. The monoisotopic (exact) mass is 244 g/mol. The van der Waals surface area contributed by atoms with E-state index in [0.717, 1.165) is 5.56 Å². The molecule has 2 rings (SSSR count). The topological polar surface area (TPSA) is 79.5 Å². The number of aromatic nitrogens is 2. The Morgan fingerprint density at radius 3 is 2.72 bits per heavy atom. The zero-order valence-corrected chi connectivity index (χ0v) is 9.74. The van der Waals surface area contributed by atoms with E-state index in [1.807, 2.05) is 0 Å². The van der Waals surface area contributed by atoms with Crippen molar-refractivity contribution >= 4 is 12.1 Å². The van der Waals surface area contributed by atoms with E-state index in [1.54, 1.807) is 48.3 Å². The minimum absolute atomic E-state index is 0.185. The summed E-state index contributed by atoms with van der Waals surface area (Å²) in [4.78, 5) is 11.6. The van der Waals surface area contributed by atoms with Gasteiger partial charge in [-0.3, -0.25) is 9.48 Å². The number of carbonyl (C=O) groups excluding carboxylic acids is 1. The lowest BCUT2D eigenvalue weighted by molar-refractivity contribution is 0.0949. The van der Waals surface area contributed by atoms with E-state index in [1.165, 1.54) is 6.21 Å². The molecule has 0 radical (unpaired) electrons. The molecular formula is C12H12N4O2. The van der Waals surface area contributed by atoms with E-state index in [0.29, 0.717) is 5.69 Å². The average molecular weight is 244 g/mol. The molecule has 2 N–H and O–H groups in total. The molecule has 0 unspecified atom stereocenters. The number of rotatable bonds is 3. The number of aromatic hydroxyl groups is 1. The summed E-state index contributed by atoms with van der Waals surface area (Å²) in [5.41, 5.74) is 3.45. The second-order valence-electron chi connectivity index (χ2n) is 3.67. The fourth-order valence-electron chi connectivity index (χ4n) is 1.32. The van der Waals surface area contributed by atoms with Crippen LogP contribution in [0.25, 0.3) is 0 Å². The molecule has 0 fully saturated rings. The van der Waals surface area contributed by atoms with Crippen LogP contribution in [-0.2, 0) is 7.05 Å². The van der Waals surface area contributed by atoms with Gasteiger partial charge in [-0.2, -0.15) is 10.2 Å². The Balaban J connectivity index is 1.95. The van der Waals surface area contributed by atoms with Crippen LogP contribution in [0.4, 0.5) is 0 Å². The Hall–Kier alpha value is -2.63. The first-order chi connectivity index (χ1) is 8.65. The van der Waals surface area contributed by atoms with Gasteiger partial charge >= 0.3 is 0 Å².